The summed E-state index contributed by atoms with van der Waals surface area (Å²) in [6, 6.07) is 1.44. The van der Waals surface area contributed by atoms with Gasteiger partial charge in [-0.2, -0.15) is 0 Å². The van der Waals surface area contributed by atoms with Gasteiger partial charge in [-0.3, -0.25) is 9.78 Å². The van der Waals surface area contributed by atoms with E-state index in [1.54, 1.807) is 19.3 Å². The van der Waals surface area contributed by atoms with Gasteiger partial charge in [0, 0.05) is 28.2 Å². The predicted octanol–water partition coefficient (Wildman–Crippen LogP) is 2.89. The maximum absolute atomic E-state index is 12.3. The Morgan fingerprint density at radius 2 is 2.19 bits per heavy atom. The summed E-state index contributed by atoms with van der Waals surface area (Å²) < 4.78 is 20.6. The fourth-order valence-corrected chi connectivity index (χ4v) is 2.75. The average Bonchev–Trinajstić information content (AvgIpc) is 2.37. The van der Waals surface area contributed by atoms with Crippen LogP contribution in [0.2, 0.25) is 0 Å². The van der Waals surface area contributed by atoms with Crippen LogP contribution < -0.4 is 4.72 Å². The number of halogens is 1. The van der Waals surface area contributed by atoms with E-state index in [4.69, 9.17) is 4.74 Å². The van der Waals surface area contributed by atoms with Crippen LogP contribution in [0.25, 0.3) is 0 Å². The SMILES string of the molecule is CCOC(=O)C[C@H](N[S+]([O-])C(C)(C)C)c1cncc(Br)c1. The van der Waals surface area contributed by atoms with Crippen molar-refractivity contribution in [1.82, 2.24) is 9.71 Å². The maximum Gasteiger partial charge on any atom is 0.307 e. The molecule has 1 aromatic rings. The molecule has 1 aromatic heterocycles. The van der Waals surface area contributed by atoms with Gasteiger partial charge in [0.15, 0.2) is 0 Å². The lowest BCUT2D eigenvalue weighted by Gasteiger charge is -2.27. The van der Waals surface area contributed by atoms with E-state index in [1.165, 1.54) is 0 Å². The van der Waals surface area contributed by atoms with Crippen LogP contribution in [0, 0.1) is 0 Å². The summed E-state index contributed by atoms with van der Waals surface area (Å²) >= 11 is 2.06. The summed E-state index contributed by atoms with van der Waals surface area (Å²) in [5.41, 5.74) is 0.787. The number of ether oxygens (including phenoxy) is 1. The van der Waals surface area contributed by atoms with Crippen LogP contribution in [0.3, 0.4) is 0 Å². The predicted molar refractivity (Wildman–Crippen MR) is 87.0 cm³/mol. The Bertz CT molecular complexity index is 480. The van der Waals surface area contributed by atoms with Crippen LogP contribution in [-0.2, 0) is 20.9 Å². The van der Waals surface area contributed by atoms with Gasteiger partial charge in [-0.1, -0.05) is 0 Å². The highest BCUT2D eigenvalue weighted by molar-refractivity contribution is 9.10. The van der Waals surface area contributed by atoms with E-state index in [0.29, 0.717) is 6.61 Å². The minimum Gasteiger partial charge on any atom is -0.598 e. The van der Waals surface area contributed by atoms with Gasteiger partial charge in [-0.25, -0.2) is 0 Å². The summed E-state index contributed by atoms with van der Waals surface area (Å²) in [5, 5.41) is 0. The molecule has 0 aliphatic carbocycles. The number of nitrogens with one attached hydrogen (secondary N) is 1. The lowest BCUT2D eigenvalue weighted by atomic mass is 10.1. The molecule has 0 aromatic carbocycles. The van der Waals surface area contributed by atoms with Gasteiger partial charge < -0.3 is 9.29 Å². The first kappa shape index (κ1) is 18.4. The van der Waals surface area contributed by atoms with Crippen LogP contribution in [0.5, 0.6) is 0 Å². The van der Waals surface area contributed by atoms with Crippen molar-refractivity contribution in [2.45, 2.75) is 44.9 Å². The molecule has 0 saturated heterocycles. The van der Waals surface area contributed by atoms with Crippen molar-refractivity contribution in [2.24, 2.45) is 0 Å². The second-order valence-electron chi connectivity index (χ2n) is 5.50. The Hall–Kier alpha value is -0.630. The third-order valence-corrected chi connectivity index (χ3v) is 4.65. The number of esters is 1. The van der Waals surface area contributed by atoms with E-state index in [-0.39, 0.29) is 12.4 Å². The molecule has 21 heavy (non-hydrogen) atoms. The highest BCUT2D eigenvalue weighted by Gasteiger charge is 2.31. The van der Waals surface area contributed by atoms with Gasteiger partial charge in [0.2, 0.25) is 0 Å². The first-order valence-electron chi connectivity index (χ1n) is 6.68. The molecule has 0 amide bonds. The van der Waals surface area contributed by atoms with Gasteiger partial charge in [-0.05, 0) is 55.3 Å². The van der Waals surface area contributed by atoms with Crippen LogP contribution in [0.15, 0.2) is 22.9 Å². The number of aromatic nitrogens is 1. The van der Waals surface area contributed by atoms with Gasteiger partial charge in [0.25, 0.3) is 0 Å². The normalized spacial score (nSPS) is 14.6. The van der Waals surface area contributed by atoms with Crippen LogP contribution in [0.1, 0.15) is 45.7 Å². The van der Waals surface area contributed by atoms with Gasteiger partial charge in [0.1, 0.15) is 4.75 Å². The van der Waals surface area contributed by atoms with Crippen LogP contribution in [-0.4, -0.2) is 26.9 Å². The van der Waals surface area contributed by atoms with Crippen LogP contribution in [0.4, 0.5) is 0 Å². The largest absolute Gasteiger partial charge is 0.598 e. The highest BCUT2D eigenvalue weighted by Crippen LogP contribution is 2.24. The third-order valence-electron chi connectivity index (χ3n) is 2.61. The molecule has 118 valence electrons. The topological polar surface area (TPSA) is 74.3 Å². The number of rotatable bonds is 6. The Balaban J connectivity index is 2.92. The molecule has 0 spiro atoms. The maximum atomic E-state index is 12.3. The lowest BCUT2D eigenvalue weighted by molar-refractivity contribution is -0.143. The van der Waals surface area contributed by atoms with E-state index < -0.39 is 22.2 Å². The summed E-state index contributed by atoms with van der Waals surface area (Å²) in [6.07, 6.45) is 3.42. The molecule has 2 atom stereocenters. The van der Waals surface area contributed by atoms with E-state index >= 15 is 0 Å². The summed E-state index contributed by atoms with van der Waals surface area (Å²) in [5.74, 6) is -0.333. The zero-order chi connectivity index (χ0) is 16.0. The number of hydrogen-bond acceptors (Lipinski definition) is 5. The molecule has 0 aliphatic rings. The molecular weight excluding hydrogens is 356 g/mol. The van der Waals surface area contributed by atoms with E-state index in [9.17, 15) is 9.35 Å². The lowest BCUT2D eigenvalue weighted by Crippen LogP contribution is -2.42. The minimum absolute atomic E-state index is 0.105. The Morgan fingerprint density at radius 3 is 2.71 bits per heavy atom. The number of carbonyl (C=O) groups is 1. The van der Waals surface area contributed by atoms with Gasteiger partial charge in [-0.15, -0.1) is 4.72 Å². The summed E-state index contributed by atoms with van der Waals surface area (Å²) in [6.45, 7) is 7.70. The van der Waals surface area contributed by atoms with Crippen LogP contribution >= 0.6 is 15.9 Å². The second kappa shape index (κ2) is 8.12. The van der Waals surface area contributed by atoms with Crippen molar-refractivity contribution >= 4 is 33.3 Å². The van der Waals surface area contributed by atoms with Crippen molar-refractivity contribution in [3.63, 3.8) is 0 Å². The molecule has 0 fully saturated rings. The quantitative estimate of drug-likeness (QED) is 0.610. The number of pyridine rings is 1. The Labute approximate surface area is 137 Å². The Kier molecular flexibility index (Phi) is 7.12. The molecule has 0 saturated carbocycles. The van der Waals surface area contributed by atoms with Crippen molar-refractivity contribution in [1.29, 1.82) is 0 Å². The summed E-state index contributed by atoms with van der Waals surface area (Å²) in [7, 11) is 0. The Morgan fingerprint density at radius 1 is 1.52 bits per heavy atom. The van der Waals surface area contributed by atoms with Crippen molar-refractivity contribution in [3.8, 4) is 0 Å². The monoisotopic (exact) mass is 376 g/mol. The second-order valence-corrected chi connectivity index (χ2v) is 8.41. The zero-order valence-electron chi connectivity index (χ0n) is 12.7. The van der Waals surface area contributed by atoms with Crippen molar-refractivity contribution in [2.75, 3.05) is 6.61 Å². The molecule has 1 rings (SSSR count). The molecule has 1 unspecified atom stereocenters. The molecule has 0 radical (unpaired) electrons. The average molecular weight is 377 g/mol. The molecule has 0 aliphatic heterocycles. The van der Waals surface area contributed by atoms with Crippen molar-refractivity contribution in [3.05, 3.63) is 28.5 Å². The number of hydrogen-bond donors (Lipinski definition) is 1. The smallest absolute Gasteiger partial charge is 0.307 e. The minimum atomic E-state index is -1.30. The molecule has 7 heteroatoms. The number of nitrogens with zero attached hydrogens (tertiary/aromatic N) is 1. The first-order chi connectivity index (χ1) is 9.74. The first-order valence-corrected chi connectivity index (χ1v) is 8.62. The van der Waals surface area contributed by atoms with E-state index in [0.717, 1.165) is 10.0 Å². The standard InChI is InChI=1S/C14H21BrN2O3S/c1-5-20-13(18)7-12(17-21(19)14(2,3)4)10-6-11(15)9-16-8-10/h6,8-9,12,17H,5,7H2,1-4H3/t12-,21?/m0/s1. The number of carbonyl (C=O) groups excluding carboxylic acids is 1. The fraction of sp³-hybridized carbons (Fsp3) is 0.571. The molecule has 1 heterocycles. The zero-order valence-corrected chi connectivity index (χ0v) is 15.1. The third kappa shape index (κ3) is 6.34. The molecule has 0 bridgehead atoms. The molecule has 1 N–H and O–H groups in total. The van der Waals surface area contributed by atoms with Crippen molar-refractivity contribution < 1.29 is 14.1 Å². The van der Waals surface area contributed by atoms with E-state index in [2.05, 4.69) is 25.6 Å². The van der Waals surface area contributed by atoms with Gasteiger partial charge in [0.05, 0.1) is 19.1 Å². The van der Waals surface area contributed by atoms with E-state index in [1.807, 2.05) is 26.8 Å². The van der Waals surface area contributed by atoms with Gasteiger partial charge >= 0.3 is 5.97 Å². The fourth-order valence-electron chi connectivity index (χ4n) is 1.54. The molecular formula is C14H21BrN2O3S. The highest BCUT2D eigenvalue weighted by atomic mass is 79.9. The summed E-state index contributed by atoms with van der Waals surface area (Å²) in [4.78, 5) is 15.8. The molecule has 5 nitrogen and oxygen atoms in total.